The monoisotopic (exact) mass is 213 g/mol. The van der Waals surface area contributed by atoms with E-state index in [-0.39, 0.29) is 5.97 Å². The van der Waals surface area contributed by atoms with Crippen LogP contribution in [0.1, 0.15) is 40.0 Å². The second kappa shape index (κ2) is 4.97. The zero-order valence-corrected chi connectivity index (χ0v) is 10.4. The molecule has 0 radical (unpaired) electrons. The molecule has 0 aromatic heterocycles. The Hall–Kier alpha value is -0.570. The number of methoxy groups -OCH3 is 1. The quantitative estimate of drug-likeness (QED) is 0.655. The topological polar surface area (TPSA) is 29.5 Å². The van der Waals surface area contributed by atoms with E-state index >= 15 is 0 Å². The molecule has 1 fully saturated rings. The first-order valence-electron chi connectivity index (χ1n) is 5.87. The van der Waals surface area contributed by atoms with E-state index in [9.17, 15) is 4.79 Å². The van der Waals surface area contributed by atoms with Crippen LogP contribution < -0.4 is 0 Å². The van der Waals surface area contributed by atoms with E-state index in [1.54, 1.807) is 0 Å². The van der Waals surface area contributed by atoms with Crippen LogP contribution >= 0.6 is 0 Å². The smallest absolute Gasteiger partial charge is 0.307 e. The van der Waals surface area contributed by atoms with Gasteiger partial charge < -0.3 is 4.74 Å². The molecule has 0 bridgehead atoms. The van der Waals surface area contributed by atoms with Crippen LogP contribution in [0.2, 0.25) is 0 Å². The Morgan fingerprint density at radius 3 is 2.33 bits per heavy atom. The van der Waals surface area contributed by atoms with Crippen molar-refractivity contribution in [2.45, 2.75) is 46.1 Å². The van der Waals surface area contributed by atoms with Crippen LogP contribution in [0.3, 0.4) is 0 Å². The van der Waals surface area contributed by atoms with Gasteiger partial charge in [0.2, 0.25) is 0 Å². The van der Waals surface area contributed by atoms with Gasteiger partial charge in [0.25, 0.3) is 0 Å². The summed E-state index contributed by atoms with van der Waals surface area (Å²) in [5, 5.41) is 0. The number of carbonyl (C=O) groups is 1. The lowest BCUT2D eigenvalue weighted by molar-refractivity contribution is -0.143. The van der Waals surface area contributed by atoms with Gasteiger partial charge in [-0.05, 0) is 25.2 Å². The zero-order chi connectivity index (χ0) is 11.5. The maximum Gasteiger partial charge on any atom is 0.307 e. The Morgan fingerprint density at radius 1 is 1.40 bits per heavy atom. The number of esters is 1. The molecule has 1 unspecified atom stereocenters. The van der Waals surface area contributed by atoms with Gasteiger partial charge in [-0.3, -0.25) is 9.69 Å². The summed E-state index contributed by atoms with van der Waals surface area (Å²) < 4.78 is 4.68. The Kier molecular flexibility index (Phi) is 4.14. The van der Waals surface area contributed by atoms with E-state index in [1.807, 2.05) is 0 Å². The van der Waals surface area contributed by atoms with E-state index < -0.39 is 0 Å². The third kappa shape index (κ3) is 2.71. The fraction of sp³-hybridized carbons (Fsp3) is 0.917. The number of ether oxygens (including phenoxy) is 1. The largest absolute Gasteiger partial charge is 0.469 e. The van der Waals surface area contributed by atoms with E-state index in [0.29, 0.717) is 17.9 Å². The van der Waals surface area contributed by atoms with Gasteiger partial charge in [0.1, 0.15) is 0 Å². The van der Waals surface area contributed by atoms with Gasteiger partial charge in [-0.2, -0.15) is 0 Å². The van der Waals surface area contributed by atoms with Crippen LogP contribution in [0.15, 0.2) is 0 Å². The van der Waals surface area contributed by atoms with Crippen LogP contribution in [0.5, 0.6) is 0 Å². The highest BCUT2D eigenvalue weighted by Gasteiger charge is 2.41. The van der Waals surface area contributed by atoms with Crippen molar-refractivity contribution in [2.75, 3.05) is 20.2 Å². The molecule has 1 saturated heterocycles. The molecule has 1 aliphatic rings. The predicted molar refractivity (Wildman–Crippen MR) is 60.7 cm³/mol. The summed E-state index contributed by atoms with van der Waals surface area (Å²) in [6.45, 7) is 8.89. The van der Waals surface area contributed by atoms with Crippen molar-refractivity contribution in [1.82, 2.24) is 4.90 Å². The molecule has 1 aliphatic heterocycles. The third-order valence-corrected chi connectivity index (χ3v) is 3.89. The molecule has 0 N–H and O–H groups in total. The lowest BCUT2D eigenvalue weighted by Gasteiger charge is -2.52. The van der Waals surface area contributed by atoms with Gasteiger partial charge in [0.15, 0.2) is 0 Å². The number of nitrogens with zero attached hydrogens (tertiary/aromatic N) is 1. The molecule has 15 heavy (non-hydrogen) atoms. The predicted octanol–water partition coefficient (Wildman–Crippen LogP) is 2.06. The maximum atomic E-state index is 11.1. The summed E-state index contributed by atoms with van der Waals surface area (Å²) in [5.74, 6) is -0.104. The summed E-state index contributed by atoms with van der Waals surface area (Å²) >= 11 is 0. The van der Waals surface area contributed by atoms with Crippen molar-refractivity contribution in [1.29, 1.82) is 0 Å². The van der Waals surface area contributed by atoms with E-state index in [4.69, 9.17) is 0 Å². The Labute approximate surface area is 92.8 Å². The average Bonchev–Trinajstić information content (AvgIpc) is 2.17. The third-order valence-electron chi connectivity index (χ3n) is 3.89. The van der Waals surface area contributed by atoms with E-state index in [1.165, 1.54) is 20.0 Å². The minimum absolute atomic E-state index is 0.104. The minimum Gasteiger partial charge on any atom is -0.469 e. The van der Waals surface area contributed by atoms with E-state index in [0.717, 1.165) is 13.1 Å². The SMILES string of the molecule is CCC1(CC)CN(C(C)CC(=O)OC)C1. The molecule has 0 aromatic carbocycles. The normalized spacial score (nSPS) is 21.9. The summed E-state index contributed by atoms with van der Waals surface area (Å²) in [5.41, 5.74) is 0.518. The average molecular weight is 213 g/mol. The first-order valence-corrected chi connectivity index (χ1v) is 5.87. The van der Waals surface area contributed by atoms with Crippen LogP contribution in [0, 0.1) is 5.41 Å². The van der Waals surface area contributed by atoms with Gasteiger partial charge in [-0.25, -0.2) is 0 Å². The molecule has 1 heterocycles. The Balaban J connectivity index is 2.34. The standard InChI is InChI=1S/C12H23NO2/c1-5-12(6-2)8-13(9-12)10(3)7-11(14)15-4/h10H,5-9H2,1-4H3. The minimum atomic E-state index is -0.104. The maximum absolute atomic E-state index is 11.1. The number of likely N-dealkylation sites (tertiary alicyclic amines) is 1. The second-order valence-corrected chi connectivity index (χ2v) is 4.74. The molecule has 1 rings (SSSR count). The van der Waals surface area contributed by atoms with Crippen LogP contribution in [0.25, 0.3) is 0 Å². The van der Waals surface area contributed by atoms with Gasteiger partial charge in [-0.1, -0.05) is 13.8 Å². The summed E-state index contributed by atoms with van der Waals surface area (Å²) in [4.78, 5) is 13.5. The van der Waals surface area contributed by atoms with Crippen LogP contribution in [-0.2, 0) is 9.53 Å². The molecular formula is C12H23NO2. The van der Waals surface area contributed by atoms with Gasteiger partial charge in [-0.15, -0.1) is 0 Å². The first kappa shape index (κ1) is 12.5. The van der Waals surface area contributed by atoms with Crippen molar-refractivity contribution in [3.05, 3.63) is 0 Å². The second-order valence-electron chi connectivity index (χ2n) is 4.74. The fourth-order valence-corrected chi connectivity index (χ4v) is 2.28. The van der Waals surface area contributed by atoms with Crippen molar-refractivity contribution < 1.29 is 9.53 Å². The number of hydrogen-bond acceptors (Lipinski definition) is 3. The highest BCUT2D eigenvalue weighted by Crippen LogP contribution is 2.38. The molecule has 1 atom stereocenters. The molecule has 88 valence electrons. The zero-order valence-electron chi connectivity index (χ0n) is 10.4. The highest BCUT2D eigenvalue weighted by atomic mass is 16.5. The molecule has 3 heteroatoms. The Bertz CT molecular complexity index is 216. The molecule has 0 saturated carbocycles. The molecular weight excluding hydrogens is 190 g/mol. The van der Waals surface area contributed by atoms with Crippen molar-refractivity contribution in [3.8, 4) is 0 Å². The van der Waals surface area contributed by atoms with Crippen molar-refractivity contribution >= 4 is 5.97 Å². The summed E-state index contributed by atoms with van der Waals surface area (Å²) in [7, 11) is 1.45. The highest BCUT2D eigenvalue weighted by molar-refractivity contribution is 5.69. The molecule has 0 aromatic rings. The van der Waals surface area contributed by atoms with Crippen molar-refractivity contribution in [2.24, 2.45) is 5.41 Å². The lowest BCUT2D eigenvalue weighted by atomic mass is 9.74. The van der Waals surface area contributed by atoms with Crippen LogP contribution in [-0.4, -0.2) is 37.1 Å². The molecule has 0 aliphatic carbocycles. The van der Waals surface area contributed by atoms with E-state index in [2.05, 4.69) is 30.4 Å². The number of carbonyl (C=O) groups excluding carboxylic acids is 1. The fourth-order valence-electron chi connectivity index (χ4n) is 2.28. The molecule has 0 spiro atoms. The summed E-state index contributed by atoms with van der Waals surface area (Å²) in [6, 6.07) is 0.323. The van der Waals surface area contributed by atoms with Gasteiger partial charge >= 0.3 is 5.97 Å². The van der Waals surface area contributed by atoms with Crippen LogP contribution in [0.4, 0.5) is 0 Å². The first-order chi connectivity index (χ1) is 7.06. The lowest BCUT2D eigenvalue weighted by Crippen LogP contribution is -2.59. The molecule has 0 amide bonds. The number of rotatable bonds is 5. The van der Waals surface area contributed by atoms with Gasteiger partial charge in [0, 0.05) is 19.1 Å². The van der Waals surface area contributed by atoms with Crippen molar-refractivity contribution in [3.63, 3.8) is 0 Å². The Morgan fingerprint density at radius 2 is 1.93 bits per heavy atom. The van der Waals surface area contributed by atoms with Gasteiger partial charge in [0.05, 0.1) is 13.5 Å². The summed E-state index contributed by atoms with van der Waals surface area (Å²) in [6.07, 6.45) is 3.00. The number of hydrogen-bond donors (Lipinski definition) is 0. The molecule has 3 nitrogen and oxygen atoms in total.